The summed E-state index contributed by atoms with van der Waals surface area (Å²) in [4.78, 5) is 19.0. The summed E-state index contributed by atoms with van der Waals surface area (Å²) in [5.74, 6) is -0.0527. The van der Waals surface area contributed by atoms with Crippen LogP contribution in [0.5, 0.6) is 0 Å². The lowest BCUT2D eigenvalue weighted by atomic mass is 9.99. The molecule has 0 fully saturated rings. The predicted molar refractivity (Wildman–Crippen MR) is 89.4 cm³/mol. The summed E-state index contributed by atoms with van der Waals surface area (Å²) in [6.07, 6.45) is 0.143. The normalized spacial score (nSPS) is 20.6. The Morgan fingerprint density at radius 3 is 2.50 bits per heavy atom. The van der Waals surface area contributed by atoms with Crippen molar-refractivity contribution in [1.82, 2.24) is 5.32 Å². The van der Waals surface area contributed by atoms with Crippen LogP contribution in [0.15, 0.2) is 59.6 Å². The molecular formula is C18H19N3O. The molecule has 4 heteroatoms. The third-order valence-corrected chi connectivity index (χ3v) is 3.94. The fourth-order valence-corrected chi connectivity index (χ4v) is 2.72. The molecule has 2 aromatic rings. The molecule has 1 atom stereocenters. The summed E-state index contributed by atoms with van der Waals surface area (Å²) in [7, 11) is 3.56. The van der Waals surface area contributed by atoms with Crippen LogP contribution >= 0.6 is 0 Å². The minimum absolute atomic E-state index is 0.0527. The van der Waals surface area contributed by atoms with Crippen LogP contribution in [0.2, 0.25) is 0 Å². The van der Waals surface area contributed by atoms with Crippen LogP contribution in [0.3, 0.4) is 0 Å². The third-order valence-electron chi connectivity index (χ3n) is 3.94. The smallest absolute Gasteiger partial charge is 0.266 e. The number of hydrogen-bond acceptors (Lipinski definition) is 3. The topological polar surface area (TPSA) is 44.7 Å². The van der Waals surface area contributed by atoms with Crippen LogP contribution in [-0.2, 0) is 11.2 Å². The van der Waals surface area contributed by atoms with Crippen LogP contribution in [0.4, 0.5) is 5.69 Å². The molecule has 1 aliphatic rings. The minimum atomic E-state index is -0.562. The summed E-state index contributed by atoms with van der Waals surface area (Å²) in [5.41, 5.74) is 4.02. The fraction of sp³-hybridized carbons (Fsp3) is 0.222. The molecular weight excluding hydrogens is 274 g/mol. The highest BCUT2D eigenvalue weighted by molar-refractivity contribution is 6.07. The Morgan fingerprint density at radius 1 is 1.09 bits per heavy atom. The van der Waals surface area contributed by atoms with Gasteiger partial charge in [-0.3, -0.25) is 15.1 Å². The highest BCUT2D eigenvalue weighted by Crippen LogP contribution is 2.24. The lowest BCUT2D eigenvalue weighted by molar-refractivity contribution is -0.120. The van der Waals surface area contributed by atoms with Gasteiger partial charge in [0.15, 0.2) is 6.17 Å². The van der Waals surface area contributed by atoms with Crippen molar-refractivity contribution in [3.63, 3.8) is 0 Å². The molecule has 1 N–H and O–H groups in total. The molecule has 1 amide bonds. The average Bonchev–Trinajstić information content (AvgIpc) is 2.57. The zero-order chi connectivity index (χ0) is 15.5. The molecule has 0 saturated heterocycles. The second-order valence-corrected chi connectivity index (χ2v) is 5.34. The maximum atomic E-state index is 12.6. The number of amides is 1. The Labute approximate surface area is 130 Å². The number of hydrogen-bond donors (Lipinski definition) is 1. The van der Waals surface area contributed by atoms with Gasteiger partial charge in [0, 0.05) is 24.9 Å². The number of nitrogens with one attached hydrogen (secondary N) is 1. The molecule has 0 aliphatic carbocycles. The maximum absolute atomic E-state index is 12.6. The van der Waals surface area contributed by atoms with E-state index in [-0.39, 0.29) is 5.91 Å². The van der Waals surface area contributed by atoms with Gasteiger partial charge in [0.2, 0.25) is 0 Å². The number of para-hydroxylation sites is 1. The Kier molecular flexibility index (Phi) is 4.02. The summed E-state index contributed by atoms with van der Waals surface area (Å²) >= 11 is 0. The van der Waals surface area contributed by atoms with Crippen molar-refractivity contribution >= 4 is 17.3 Å². The van der Waals surface area contributed by atoms with Gasteiger partial charge in [0.25, 0.3) is 5.91 Å². The molecule has 0 spiro atoms. The van der Waals surface area contributed by atoms with E-state index < -0.39 is 6.17 Å². The monoisotopic (exact) mass is 293 g/mol. The first-order valence-corrected chi connectivity index (χ1v) is 7.35. The van der Waals surface area contributed by atoms with E-state index in [4.69, 9.17) is 0 Å². The van der Waals surface area contributed by atoms with Crippen LogP contribution in [-0.4, -0.2) is 31.9 Å². The lowest BCUT2D eigenvalue weighted by Gasteiger charge is -2.27. The van der Waals surface area contributed by atoms with E-state index in [0.717, 1.165) is 22.5 Å². The average molecular weight is 293 g/mol. The van der Waals surface area contributed by atoms with E-state index in [1.165, 1.54) is 0 Å². The highest BCUT2D eigenvalue weighted by atomic mass is 16.2. The first-order valence-electron chi connectivity index (χ1n) is 7.35. The molecule has 22 heavy (non-hydrogen) atoms. The van der Waals surface area contributed by atoms with E-state index >= 15 is 0 Å². The summed E-state index contributed by atoms with van der Waals surface area (Å²) in [5, 5.41) is 3.00. The number of carbonyl (C=O) groups is 1. The van der Waals surface area contributed by atoms with E-state index in [1.807, 2.05) is 48.5 Å². The van der Waals surface area contributed by atoms with E-state index in [1.54, 1.807) is 19.0 Å². The fourth-order valence-electron chi connectivity index (χ4n) is 2.72. The first kappa shape index (κ1) is 14.5. The van der Waals surface area contributed by atoms with Crippen LogP contribution in [0.25, 0.3) is 0 Å². The number of benzene rings is 2. The molecule has 0 saturated carbocycles. The minimum Gasteiger partial charge on any atom is -0.312 e. The maximum Gasteiger partial charge on any atom is 0.266 e. The zero-order valence-electron chi connectivity index (χ0n) is 12.8. The molecule has 4 nitrogen and oxygen atoms in total. The molecule has 1 unspecified atom stereocenters. The Hall–Kier alpha value is -2.46. The molecule has 1 heterocycles. The Bertz CT molecular complexity index is 709. The van der Waals surface area contributed by atoms with Crippen LogP contribution < -0.4 is 10.2 Å². The molecule has 0 radical (unpaired) electrons. The van der Waals surface area contributed by atoms with Crippen LogP contribution in [0.1, 0.15) is 11.1 Å². The first-order chi connectivity index (χ1) is 10.7. The number of rotatable bonds is 2. The Morgan fingerprint density at radius 2 is 1.77 bits per heavy atom. The van der Waals surface area contributed by atoms with Gasteiger partial charge in [-0.05, 0) is 24.2 Å². The van der Waals surface area contributed by atoms with E-state index in [0.29, 0.717) is 6.42 Å². The second kappa shape index (κ2) is 6.12. The second-order valence-electron chi connectivity index (χ2n) is 5.34. The SMILES string of the molecule is CNC1/N=C(/c2ccccc2)Cc2ccccc2N(C)C1=O. The number of aliphatic imine (C=N–C) groups is 1. The van der Waals surface area contributed by atoms with Crippen LogP contribution in [0, 0.1) is 0 Å². The standard InChI is InChI=1S/C18H19N3O/c1-19-17-18(22)21(2)16-11-7-6-10-14(16)12-15(20-17)13-8-4-3-5-9-13/h3-11,17,19H,12H2,1-2H3/b20-15+. The molecule has 3 rings (SSSR count). The van der Waals surface area contributed by atoms with Crippen molar-refractivity contribution in [3.8, 4) is 0 Å². The van der Waals surface area contributed by atoms with Crippen molar-refractivity contribution in [2.45, 2.75) is 12.6 Å². The number of carbonyl (C=O) groups excluding carboxylic acids is 1. The molecule has 0 bridgehead atoms. The van der Waals surface area contributed by atoms with Gasteiger partial charge in [-0.15, -0.1) is 0 Å². The molecule has 2 aromatic carbocycles. The van der Waals surface area contributed by atoms with Crippen molar-refractivity contribution in [1.29, 1.82) is 0 Å². The van der Waals surface area contributed by atoms with Crippen molar-refractivity contribution in [2.75, 3.05) is 19.0 Å². The number of anilines is 1. The molecule has 1 aliphatic heterocycles. The predicted octanol–water partition coefficient (Wildman–Crippen LogP) is 2.24. The van der Waals surface area contributed by atoms with Gasteiger partial charge >= 0.3 is 0 Å². The summed E-state index contributed by atoms with van der Waals surface area (Å²) in [6.45, 7) is 0. The van der Waals surface area contributed by atoms with Gasteiger partial charge in [-0.25, -0.2) is 0 Å². The molecule has 112 valence electrons. The van der Waals surface area contributed by atoms with Crippen molar-refractivity contribution in [2.24, 2.45) is 4.99 Å². The van der Waals surface area contributed by atoms with Gasteiger partial charge in [-0.2, -0.15) is 0 Å². The van der Waals surface area contributed by atoms with Crippen molar-refractivity contribution in [3.05, 3.63) is 65.7 Å². The van der Waals surface area contributed by atoms with E-state index in [2.05, 4.69) is 16.4 Å². The Balaban J connectivity index is 2.12. The van der Waals surface area contributed by atoms with Crippen molar-refractivity contribution < 1.29 is 4.79 Å². The number of nitrogens with zero attached hydrogens (tertiary/aromatic N) is 2. The van der Waals surface area contributed by atoms with Gasteiger partial charge in [0.05, 0.1) is 0 Å². The summed E-state index contributed by atoms with van der Waals surface area (Å²) in [6, 6.07) is 18.0. The zero-order valence-corrected chi connectivity index (χ0v) is 12.8. The lowest BCUT2D eigenvalue weighted by Crippen LogP contribution is -2.44. The quantitative estimate of drug-likeness (QED) is 0.923. The van der Waals surface area contributed by atoms with Gasteiger partial charge < -0.3 is 4.90 Å². The summed E-state index contributed by atoms with van der Waals surface area (Å²) < 4.78 is 0. The third kappa shape index (κ3) is 2.65. The number of fused-ring (bicyclic) bond motifs is 1. The van der Waals surface area contributed by atoms with E-state index in [9.17, 15) is 4.79 Å². The van der Waals surface area contributed by atoms with Gasteiger partial charge in [0.1, 0.15) is 0 Å². The molecule has 0 aromatic heterocycles. The highest BCUT2D eigenvalue weighted by Gasteiger charge is 2.26. The largest absolute Gasteiger partial charge is 0.312 e. The van der Waals surface area contributed by atoms with Gasteiger partial charge in [-0.1, -0.05) is 48.5 Å². The number of likely N-dealkylation sites (N-methyl/N-ethyl adjacent to an activating group) is 2.